The summed E-state index contributed by atoms with van der Waals surface area (Å²) >= 11 is 6.19. The largest absolute Gasteiger partial charge is 0.504 e. The van der Waals surface area contributed by atoms with Gasteiger partial charge >= 0.3 is 0 Å². The van der Waals surface area contributed by atoms with Crippen LogP contribution < -0.4 is 10.1 Å². The van der Waals surface area contributed by atoms with E-state index in [1.165, 1.54) is 0 Å². The zero-order valence-electron chi connectivity index (χ0n) is 12.3. The van der Waals surface area contributed by atoms with Gasteiger partial charge in [-0.15, -0.1) is 0 Å². The van der Waals surface area contributed by atoms with Crippen molar-refractivity contribution in [2.75, 3.05) is 6.61 Å². The minimum absolute atomic E-state index is 0.0915. The maximum absolute atomic E-state index is 10.2. The Labute approximate surface area is 130 Å². The lowest BCUT2D eigenvalue weighted by molar-refractivity contribution is 0.316. The van der Waals surface area contributed by atoms with Crippen LogP contribution in [0.15, 0.2) is 42.5 Å². The number of halogens is 1. The van der Waals surface area contributed by atoms with Gasteiger partial charge in [-0.25, -0.2) is 0 Å². The van der Waals surface area contributed by atoms with E-state index in [0.717, 1.165) is 16.1 Å². The molecule has 0 bridgehead atoms. The molecule has 0 aliphatic heterocycles. The molecule has 0 aliphatic rings. The molecule has 0 aliphatic carbocycles. The Kier molecular flexibility index (Phi) is 5.48. The van der Waals surface area contributed by atoms with Crippen LogP contribution in [0.25, 0.3) is 0 Å². The van der Waals surface area contributed by atoms with Crippen molar-refractivity contribution in [1.29, 1.82) is 0 Å². The van der Waals surface area contributed by atoms with Crippen molar-refractivity contribution < 1.29 is 9.84 Å². The fourth-order valence-electron chi connectivity index (χ4n) is 2.18. The number of rotatable bonds is 6. The van der Waals surface area contributed by atoms with Gasteiger partial charge in [-0.05, 0) is 31.5 Å². The molecule has 0 radical (unpaired) electrons. The normalized spacial score (nSPS) is 12.1. The Morgan fingerprint density at radius 1 is 1.19 bits per heavy atom. The minimum atomic E-state index is 0.0915. The molecule has 0 saturated carbocycles. The summed E-state index contributed by atoms with van der Waals surface area (Å²) in [5, 5.41) is 14.3. The van der Waals surface area contributed by atoms with E-state index < -0.39 is 0 Å². The number of aromatic hydroxyl groups is 1. The standard InChI is InChI=1S/C17H20ClNO2/c1-3-21-16-10-6-7-13(17(16)20)11-19-12(2)14-8-4-5-9-15(14)18/h4-10,12,19-20H,3,11H2,1-2H3. The van der Waals surface area contributed by atoms with Gasteiger partial charge in [0.2, 0.25) is 0 Å². The second-order valence-electron chi connectivity index (χ2n) is 4.82. The second-order valence-corrected chi connectivity index (χ2v) is 5.23. The summed E-state index contributed by atoms with van der Waals surface area (Å²) in [6.45, 7) is 5.01. The van der Waals surface area contributed by atoms with E-state index in [2.05, 4.69) is 5.32 Å². The fraction of sp³-hybridized carbons (Fsp3) is 0.294. The molecule has 2 aromatic carbocycles. The van der Waals surface area contributed by atoms with Gasteiger partial charge in [0.1, 0.15) is 0 Å². The van der Waals surface area contributed by atoms with Gasteiger partial charge in [0.25, 0.3) is 0 Å². The Morgan fingerprint density at radius 2 is 1.95 bits per heavy atom. The molecule has 0 heterocycles. The predicted octanol–water partition coefficient (Wildman–Crippen LogP) is 4.30. The number of hydrogen-bond donors (Lipinski definition) is 2. The average molecular weight is 306 g/mol. The predicted molar refractivity (Wildman–Crippen MR) is 86.0 cm³/mol. The van der Waals surface area contributed by atoms with Crippen LogP contribution in [0.3, 0.4) is 0 Å². The number of phenolic OH excluding ortho intramolecular Hbond substituents is 1. The molecule has 0 aromatic heterocycles. The van der Waals surface area contributed by atoms with E-state index in [-0.39, 0.29) is 11.8 Å². The maximum atomic E-state index is 10.2. The Morgan fingerprint density at radius 3 is 2.67 bits per heavy atom. The van der Waals surface area contributed by atoms with Gasteiger partial charge < -0.3 is 15.2 Å². The first-order valence-electron chi connectivity index (χ1n) is 7.05. The molecule has 2 rings (SSSR count). The van der Waals surface area contributed by atoms with Gasteiger partial charge in [0.05, 0.1) is 6.61 Å². The lowest BCUT2D eigenvalue weighted by Crippen LogP contribution is -2.18. The number of hydrogen-bond acceptors (Lipinski definition) is 3. The first kappa shape index (κ1) is 15.7. The highest BCUT2D eigenvalue weighted by molar-refractivity contribution is 6.31. The zero-order valence-corrected chi connectivity index (χ0v) is 13.0. The third kappa shape index (κ3) is 3.90. The lowest BCUT2D eigenvalue weighted by Gasteiger charge is -2.17. The van der Waals surface area contributed by atoms with Crippen molar-refractivity contribution >= 4 is 11.6 Å². The number of nitrogens with one attached hydrogen (secondary N) is 1. The lowest BCUT2D eigenvalue weighted by atomic mass is 10.1. The SMILES string of the molecule is CCOc1cccc(CNC(C)c2ccccc2Cl)c1O. The molecule has 1 unspecified atom stereocenters. The summed E-state index contributed by atoms with van der Waals surface area (Å²) in [4.78, 5) is 0. The summed E-state index contributed by atoms with van der Waals surface area (Å²) < 4.78 is 5.39. The van der Waals surface area contributed by atoms with E-state index in [9.17, 15) is 5.11 Å². The van der Waals surface area contributed by atoms with Gasteiger partial charge in [-0.3, -0.25) is 0 Å². The van der Waals surface area contributed by atoms with Crippen LogP contribution in [0, 0.1) is 0 Å². The summed E-state index contributed by atoms with van der Waals surface area (Å²) in [7, 11) is 0. The Bertz CT molecular complexity index is 601. The summed E-state index contributed by atoms with van der Waals surface area (Å²) in [6, 6.07) is 13.4. The number of para-hydroxylation sites is 1. The zero-order chi connectivity index (χ0) is 15.2. The topological polar surface area (TPSA) is 41.5 Å². The molecule has 0 amide bonds. The molecular formula is C17H20ClNO2. The van der Waals surface area contributed by atoms with E-state index in [4.69, 9.17) is 16.3 Å². The number of phenols is 1. The van der Waals surface area contributed by atoms with Crippen LogP contribution in [0.4, 0.5) is 0 Å². The van der Waals surface area contributed by atoms with E-state index in [0.29, 0.717) is 18.9 Å². The van der Waals surface area contributed by atoms with Crippen molar-refractivity contribution in [3.05, 3.63) is 58.6 Å². The second kappa shape index (κ2) is 7.34. The molecule has 2 aromatic rings. The van der Waals surface area contributed by atoms with Crippen molar-refractivity contribution in [2.45, 2.75) is 26.4 Å². The van der Waals surface area contributed by atoms with Crippen LogP contribution in [0.1, 0.15) is 31.0 Å². The molecule has 4 heteroatoms. The van der Waals surface area contributed by atoms with E-state index in [1.807, 2.05) is 50.2 Å². The average Bonchev–Trinajstić information content (AvgIpc) is 2.48. The van der Waals surface area contributed by atoms with Gasteiger partial charge in [0.15, 0.2) is 11.5 Å². The van der Waals surface area contributed by atoms with Crippen LogP contribution in [-0.2, 0) is 6.54 Å². The van der Waals surface area contributed by atoms with Crippen molar-refractivity contribution in [1.82, 2.24) is 5.32 Å². The molecule has 0 saturated heterocycles. The third-order valence-corrected chi connectivity index (χ3v) is 3.70. The van der Waals surface area contributed by atoms with E-state index >= 15 is 0 Å². The molecule has 2 N–H and O–H groups in total. The minimum Gasteiger partial charge on any atom is -0.504 e. The molecule has 112 valence electrons. The summed E-state index contributed by atoms with van der Waals surface area (Å²) in [5.41, 5.74) is 1.85. The Hall–Kier alpha value is -1.71. The van der Waals surface area contributed by atoms with E-state index in [1.54, 1.807) is 6.07 Å². The molecule has 3 nitrogen and oxygen atoms in total. The third-order valence-electron chi connectivity index (χ3n) is 3.35. The van der Waals surface area contributed by atoms with Crippen molar-refractivity contribution in [3.8, 4) is 11.5 Å². The molecular weight excluding hydrogens is 286 g/mol. The van der Waals surface area contributed by atoms with Crippen LogP contribution >= 0.6 is 11.6 Å². The summed E-state index contributed by atoms with van der Waals surface area (Å²) in [5.74, 6) is 0.709. The smallest absolute Gasteiger partial charge is 0.162 e. The fourth-order valence-corrected chi connectivity index (χ4v) is 2.48. The maximum Gasteiger partial charge on any atom is 0.162 e. The van der Waals surface area contributed by atoms with Crippen LogP contribution in [0.2, 0.25) is 5.02 Å². The van der Waals surface area contributed by atoms with Crippen LogP contribution in [0.5, 0.6) is 11.5 Å². The summed E-state index contributed by atoms with van der Waals surface area (Å²) in [6.07, 6.45) is 0. The van der Waals surface area contributed by atoms with Crippen molar-refractivity contribution in [3.63, 3.8) is 0 Å². The van der Waals surface area contributed by atoms with Crippen LogP contribution in [-0.4, -0.2) is 11.7 Å². The molecule has 1 atom stereocenters. The monoisotopic (exact) mass is 305 g/mol. The molecule has 0 spiro atoms. The van der Waals surface area contributed by atoms with Gasteiger partial charge in [-0.2, -0.15) is 0 Å². The number of ether oxygens (including phenoxy) is 1. The highest BCUT2D eigenvalue weighted by Gasteiger charge is 2.11. The van der Waals surface area contributed by atoms with Crippen molar-refractivity contribution in [2.24, 2.45) is 0 Å². The van der Waals surface area contributed by atoms with Gasteiger partial charge in [-0.1, -0.05) is 41.9 Å². The first-order valence-corrected chi connectivity index (χ1v) is 7.42. The highest BCUT2D eigenvalue weighted by Crippen LogP contribution is 2.30. The molecule has 0 fully saturated rings. The Balaban J connectivity index is 2.06. The molecule has 21 heavy (non-hydrogen) atoms. The van der Waals surface area contributed by atoms with Gasteiger partial charge in [0, 0.05) is 23.2 Å². The first-order chi connectivity index (χ1) is 10.1. The highest BCUT2D eigenvalue weighted by atomic mass is 35.5. The quantitative estimate of drug-likeness (QED) is 0.836. The number of benzene rings is 2.